The quantitative estimate of drug-likeness (QED) is 0.593. The molecule has 0 atom stereocenters. The summed E-state index contributed by atoms with van der Waals surface area (Å²) in [5, 5.41) is 10.6. The lowest BCUT2D eigenvalue weighted by Gasteiger charge is -2.08. The molecule has 2 aromatic carbocycles. The largest absolute Gasteiger partial charge is 0.496 e. The molecule has 0 aromatic heterocycles. The van der Waals surface area contributed by atoms with Gasteiger partial charge in [-0.25, -0.2) is 4.39 Å². The highest BCUT2D eigenvalue weighted by molar-refractivity contribution is 7.97. The van der Waals surface area contributed by atoms with E-state index in [0.29, 0.717) is 17.3 Å². The van der Waals surface area contributed by atoms with E-state index < -0.39 is 4.92 Å². The molecule has 4 nitrogen and oxygen atoms in total. The summed E-state index contributed by atoms with van der Waals surface area (Å²) in [5.74, 6) is 1.67. The molecular weight excluding hydrogens is 293 g/mol. The fraction of sp³-hybridized carbons (Fsp3) is 0.200. The second-order valence-corrected chi connectivity index (χ2v) is 5.36. The van der Waals surface area contributed by atoms with Crippen LogP contribution in [0.3, 0.4) is 0 Å². The predicted molar refractivity (Wildman–Crippen MR) is 81.0 cm³/mol. The number of methoxy groups -OCH3 is 1. The molecule has 2 aromatic rings. The third-order valence-electron chi connectivity index (χ3n) is 2.92. The van der Waals surface area contributed by atoms with Crippen LogP contribution in [0.2, 0.25) is 0 Å². The fourth-order valence-electron chi connectivity index (χ4n) is 1.85. The maximum atomic E-state index is 13.2. The highest BCUT2D eigenvalue weighted by atomic mass is 32.2. The van der Waals surface area contributed by atoms with Gasteiger partial charge in [-0.3, -0.25) is 10.1 Å². The minimum Gasteiger partial charge on any atom is -0.496 e. The number of non-ortho nitro benzene ring substituents is 1. The summed E-state index contributed by atoms with van der Waals surface area (Å²) in [4.78, 5) is 10.1. The van der Waals surface area contributed by atoms with Gasteiger partial charge in [0.25, 0.3) is 5.69 Å². The van der Waals surface area contributed by atoms with Crippen LogP contribution in [0, 0.1) is 15.9 Å². The first-order valence-electron chi connectivity index (χ1n) is 6.23. The van der Waals surface area contributed by atoms with Gasteiger partial charge in [0.1, 0.15) is 11.6 Å². The zero-order chi connectivity index (χ0) is 15.2. The first-order valence-corrected chi connectivity index (χ1v) is 7.39. The van der Waals surface area contributed by atoms with E-state index in [9.17, 15) is 14.5 Å². The minimum atomic E-state index is -0.422. The number of rotatable bonds is 6. The van der Waals surface area contributed by atoms with Crippen molar-refractivity contribution in [3.05, 3.63) is 69.5 Å². The van der Waals surface area contributed by atoms with Crippen LogP contribution in [0.4, 0.5) is 10.1 Å². The van der Waals surface area contributed by atoms with Crippen LogP contribution >= 0.6 is 11.8 Å². The molecule has 0 spiro atoms. The second-order valence-electron chi connectivity index (χ2n) is 4.37. The van der Waals surface area contributed by atoms with Crippen LogP contribution in [-0.4, -0.2) is 12.0 Å². The minimum absolute atomic E-state index is 0.0792. The third kappa shape index (κ3) is 4.19. The molecule has 0 saturated carbocycles. The molecule has 0 saturated heterocycles. The van der Waals surface area contributed by atoms with Crippen LogP contribution in [-0.2, 0) is 11.5 Å². The van der Waals surface area contributed by atoms with Crippen molar-refractivity contribution in [1.29, 1.82) is 0 Å². The van der Waals surface area contributed by atoms with Crippen molar-refractivity contribution < 1.29 is 14.1 Å². The molecule has 0 N–H and O–H groups in total. The van der Waals surface area contributed by atoms with Crippen molar-refractivity contribution in [3.63, 3.8) is 0 Å². The van der Waals surface area contributed by atoms with Gasteiger partial charge in [-0.05, 0) is 23.8 Å². The predicted octanol–water partition coefficient (Wildman–Crippen LogP) is 4.18. The number of hydrogen-bond donors (Lipinski definition) is 0. The maximum absolute atomic E-state index is 13.2. The Balaban J connectivity index is 1.95. The van der Waals surface area contributed by atoms with Crippen LogP contribution in [0.5, 0.6) is 5.75 Å². The summed E-state index contributed by atoms with van der Waals surface area (Å²) in [5.41, 5.74) is 1.86. The molecule has 6 heteroatoms. The van der Waals surface area contributed by atoms with Gasteiger partial charge >= 0.3 is 0 Å². The molecule has 0 bridgehead atoms. The first-order chi connectivity index (χ1) is 10.1. The van der Waals surface area contributed by atoms with Crippen molar-refractivity contribution in [3.8, 4) is 5.75 Å². The van der Waals surface area contributed by atoms with E-state index in [1.807, 2.05) is 0 Å². The number of ether oxygens (including phenoxy) is 1. The number of nitro benzene ring substituents is 1. The van der Waals surface area contributed by atoms with Crippen molar-refractivity contribution >= 4 is 17.4 Å². The normalized spacial score (nSPS) is 10.4. The lowest BCUT2D eigenvalue weighted by Crippen LogP contribution is -1.92. The lowest BCUT2D eigenvalue weighted by atomic mass is 10.2. The molecule has 0 heterocycles. The van der Waals surface area contributed by atoms with Gasteiger partial charge < -0.3 is 4.74 Å². The molecule has 21 heavy (non-hydrogen) atoms. The summed E-state index contributed by atoms with van der Waals surface area (Å²) in [6, 6.07) is 10.9. The van der Waals surface area contributed by atoms with Gasteiger partial charge in [0.15, 0.2) is 0 Å². The Morgan fingerprint density at radius 2 is 1.90 bits per heavy atom. The monoisotopic (exact) mass is 307 g/mol. The average Bonchev–Trinajstić information content (AvgIpc) is 2.48. The molecule has 0 unspecified atom stereocenters. The smallest absolute Gasteiger partial charge is 0.269 e. The number of thioether (sulfide) groups is 1. The molecule has 0 radical (unpaired) electrons. The van der Waals surface area contributed by atoms with Crippen molar-refractivity contribution in [1.82, 2.24) is 0 Å². The summed E-state index contributed by atoms with van der Waals surface area (Å²) >= 11 is 1.60. The van der Waals surface area contributed by atoms with Crippen LogP contribution in [0.1, 0.15) is 11.1 Å². The zero-order valence-corrected chi connectivity index (χ0v) is 12.2. The number of halogens is 1. The Morgan fingerprint density at radius 1 is 1.19 bits per heavy atom. The molecule has 110 valence electrons. The van der Waals surface area contributed by atoms with E-state index in [0.717, 1.165) is 11.1 Å². The van der Waals surface area contributed by atoms with Gasteiger partial charge in [0, 0.05) is 29.2 Å². The summed E-state index contributed by atoms with van der Waals surface area (Å²) in [7, 11) is 1.55. The van der Waals surface area contributed by atoms with Crippen molar-refractivity contribution in [2.45, 2.75) is 11.5 Å². The topological polar surface area (TPSA) is 52.4 Å². The van der Waals surface area contributed by atoms with Crippen LogP contribution in [0.25, 0.3) is 0 Å². The Hall–Kier alpha value is -2.08. The zero-order valence-electron chi connectivity index (χ0n) is 11.4. The molecule has 0 aliphatic carbocycles. The van der Waals surface area contributed by atoms with Gasteiger partial charge in [-0.1, -0.05) is 12.1 Å². The molecule has 0 fully saturated rings. The Kier molecular flexibility index (Phi) is 5.16. The molecule has 0 aliphatic rings. The van der Waals surface area contributed by atoms with E-state index in [1.165, 1.54) is 24.3 Å². The molecule has 2 rings (SSSR count). The van der Waals surface area contributed by atoms with E-state index in [1.54, 1.807) is 37.1 Å². The lowest BCUT2D eigenvalue weighted by molar-refractivity contribution is -0.384. The SMILES string of the molecule is COc1ccc(F)cc1CSCc1ccc([N+](=O)[O-])cc1. The van der Waals surface area contributed by atoms with Crippen molar-refractivity contribution in [2.75, 3.05) is 7.11 Å². The standard InChI is InChI=1S/C15H14FNO3S/c1-20-15-7-4-13(16)8-12(15)10-21-9-11-2-5-14(6-3-11)17(18)19/h2-8H,9-10H2,1H3. The van der Waals surface area contributed by atoms with E-state index in [2.05, 4.69) is 0 Å². The Labute approximate surface area is 126 Å². The summed E-state index contributed by atoms with van der Waals surface area (Å²) < 4.78 is 18.4. The number of hydrogen-bond acceptors (Lipinski definition) is 4. The van der Waals surface area contributed by atoms with Gasteiger partial charge in [-0.15, -0.1) is 0 Å². The Bertz CT molecular complexity index is 631. The van der Waals surface area contributed by atoms with Gasteiger partial charge in [-0.2, -0.15) is 11.8 Å². The van der Waals surface area contributed by atoms with Crippen LogP contribution in [0.15, 0.2) is 42.5 Å². The first kappa shape index (κ1) is 15.3. The van der Waals surface area contributed by atoms with E-state index >= 15 is 0 Å². The molecular formula is C15H14FNO3S. The summed E-state index contributed by atoms with van der Waals surface area (Å²) in [6.45, 7) is 0. The van der Waals surface area contributed by atoms with Crippen molar-refractivity contribution in [2.24, 2.45) is 0 Å². The number of benzene rings is 2. The average molecular weight is 307 g/mol. The molecule has 0 amide bonds. The van der Waals surface area contributed by atoms with Gasteiger partial charge in [0.05, 0.1) is 12.0 Å². The highest BCUT2D eigenvalue weighted by Crippen LogP contribution is 2.26. The van der Waals surface area contributed by atoms with Crippen LogP contribution < -0.4 is 4.74 Å². The van der Waals surface area contributed by atoms with Gasteiger partial charge in [0.2, 0.25) is 0 Å². The third-order valence-corrected chi connectivity index (χ3v) is 3.97. The number of nitro groups is 1. The highest BCUT2D eigenvalue weighted by Gasteiger charge is 2.06. The summed E-state index contributed by atoms with van der Waals surface area (Å²) in [6.07, 6.45) is 0. The second kappa shape index (κ2) is 7.08. The Morgan fingerprint density at radius 3 is 2.52 bits per heavy atom. The number of nitrogens with zero attached hydrogens (tertiary/aromatic N) is 1. The maximum Gasteiger partial charge on any atom is 0.269 e. The van der Waals surface area contributed by atoms with E-state index in [-0.39, 0.29) is 11.5 Å². The fourth-order valence-corrected chi connectivity index (χ4v) is 2.83. The molecule has 0 aliphatic heterocycles. The van der Waals surface area contributed by atoms with E-state index in [4.69, 9.17) is 4.74 Å².